The molecule has 0 unspecified atom stereocenters. The van der Waals surface area contributed by atoms with E-state index < -0.39 is 10.0 Å². The van der Waals surface area contributed by atoms with Gasteiger partial charge in [-0.15, -0.1) is 0 Å². The van der Waals surface area contributed by atoms with Crippen molar-refractivity contribution in [1.82, 2.24) is 19.4 Å². The number of guanidine groups is 1. The first kappa shape index (κ1) is 22.1. The molecule has 7 nitrogen and oxygen atoms in total. The molecule has 0 bridgehead atoms. The summed E-state index contributed by atoms with van der Waals surface area (Å²) < 4.78 is 24.9. The number of sulfonamides is 1. The van der Waals surface area contributed by atoms with Crippen molar-refractivity contribution in [2.75, 3.05) is 58.6 Å². The highest BCUT2D eigenvalue weighted by Crippen LogP contribution is 2.19. The molecule has 0 amide bonds. The second-order valence-electron chi connectivity index (χ2n) is 8.05. The fraction of sp³-hybridized carbons (Fsp3) is 0.667. The summed E-state index contributed by atoms with van der Waals surface area (Å²) in [6.07, 6.45) is 3.08. The molecule has 1 aromatic carbocycles. The van der Waals surface area contributed by atoms with Gasteiger partial charge in [-0.25, -0.2) is 12.7 Å². The Bertz CT molecular complexity index is 753. The number of nitrogens with zero attached hydrogens (tertiary/aromatic N) is 4. The Labute approximate surface area is 175 Å². The maximum atomic E-state index is 11.7. The molecule has 1 aromatic rings. The molecule has 2 aliphatic heterocycles. The molecule has 0 saturated carbocycles. The van der Waals surface area contributed by atoms with Crippen LogP contribution >= 0.6 is 0 Å². The van der Waals surface area contributed by atoms with Crippen molar-refractivity contribution in [3.8, 4) is 0 Å². The number of rotatable bonds is 6. The van der Waals surface area contributed by atoms with Crippen LogP contribution in [0.1, 0.15) is 25.3 Å². The lowest BCUT2D eigenvalue weighted by molar-refractivity contribution is 0.172. The highest BCUT2D eigenvalue weighted by molar-refractivity contribution is 7.88. The number of aliphatic imine (C=N–C) groups is 1. The summed E-state index contributed by atoms with van der Waals surface area (Å²) in [7, 11) is -3.06. The standard InChI is InChI=1S/C21H35N5O2S/c1-3-22-21(23-17-19-9-11-26(12-10-19)29(2,27)28)25-15-13-24(14-16-25)18-20-7-5-4-6-8-20/h4-8,19H,3,9-18H2,1-2H3,(H,22,23). The van der Waals surface area contributed by atoms with Crippen molar-refractivity contribution < 1.29 is 8.42 Å². The minimum Gasteiger partial charge on any atom is -0.357 e. The van der Waals surface area contributed by atoms with Crippen LogP contribution in [-0.2, 0) is 16.6 Å². The van der Waals surface area contributed by atoms with E-state index in [0.29, 0.717) is 19.0 Å². The summed E-state index contributed by atoms with van der Waals surface area (Å²) >= 11 is 0. The molecule has 8 heteroatoms. The molecule has 2 heterocycles. The van der Waals surface area contributed by atoms with Gasteiger partial charge in [-0.2, -0.15) is 0 Å². The molecular weight excluding hydrogens is 386 g/mol. The number of benzene rings is 1. The van der Waals surface area contributed by atoms with Crippen LogP contribution in [0.15, 0.2) is 35.3 Å². The van der Waals surface area contributed by atoms with E-state index in [0.717, 1.165) is 64.6 Å². The zero-order valence-electron chi connectivity index (χ0n) is 17.8. The van der Waals surface area contributed by atoms with Gasteiger partial charge in [0.05, 0.1) is 6.26 Å². The molecule has 162 valence electrons. The lowest BCUT2D eigenvalue weighted by Gasteiger charge is -2.37. The Balaban J connectivity index is 1.48. The van der Waals surface area contributed by atoms with Crippen molar-refractivity contribution in [2.45, 2.75) is 26.3 Å². The van der Waals surface area contributed by atoms with Crippen LogP contribution in [0, 0.1) is 5.92 Å². The minimum atomic E-state index is -3.06. The van der Waals surface area contributed by atoms with Crippen LogP contribution in [0.2, 0.25) is 0 Å². The molecule has 0 aliphatic carbocycles. The summed E-state index contributed by atoms with van der Waals surface area (Å²) in [6.45, 7) is 9.99. The molecule has 29 heavy (non-hydrogen) atoms. The summed E-state index contributed by atoms with van der Waals surface area (Å²) in [4.78, 5) is 9.76. The fourth-order valence-electron chi connectivity index (χ4n) is 4.02. The van der Waals surface area contributed by atoms with Gasteiger partial charge in [0.25, 0.3) is 0 Å². The summed E-state index contributed by atoms with van der Waals surface area (Å²) in [6, 6.07) is 10.6. The van der Waals surface area contributed by atoms with E-state index in [1.807, 2.05) is 0 Å². The molecule has 2 aliphatic rings. The number of nitrogens with one attached hydrogen (secondary N) is 1. The number of hydrogen-bond acceptors (Lipinski definition) is 4. The van der Waals surface area contributed by atoms with Crippen molar-refractivity contribution in [3.05, 3.63) is 35.9 Å². The van der Waals surface area contributed by atoms with E-state index in [1.54, 1.807) is 4.31 Å². The van der Waals surface area contributed by atoms with Gasteiger partial charge in [0.1, 0.15) is 0 Å². The Morgan fingerprint density at radius 2 is 1.72 bits per heavy atom. The van der Waals surface area contributed by atoms with E-state index in [1.165, 1.54) is 11.8 Å². The topological polar surface area (TPSA) is 68.2 Å². The molecule has 0 aromatic heterocycles. The molecule has 0 radical (unpaired) electrons. The number of hydrogen-bond donors (Lipinski definition) is 1. The van der Waals surface area contributed by atoms with E-state index in [2.05, 4.69) is 52.4 Å². The van der Waals surface area contributed by atoms with Crippen LogP contribution in [0.3, 0.4) is 0 Å². The third-order valence-electron chi connectivity index (χ3n) is 5.80. The molecule has 1 N–H and O–H groups in total. The average Bonchev–Trinajstić information content (AvgIpc) is 2.72. The predicted molar refractivity (Wildman–Crippen MR) is 118 cm³/mol. The number of piperazine rings is 1. The molecule has 0 atom stereocenters. The monoisotopic (exact) mass is 421 g/mol. The third kappa shape index (κ3) is 6.69. The Kier molecular flexibility index (Phi) is 7.91. The highest BCUT2D eigenvalue weighted by atomic mass is 32.2. The summed E-state index contributed by atoms with van der Waals surface area (Å²) in [5, 5.41) is 3.44. The van der Waals surface area contributed by atoms with Gasteiger partial charge < -0.3 is 10.2 Å². The largest absolute Gasteiger partial charge is 0.357 e. The second-order valence-corrected chi connectivity index (χ2v) is 10.0. The fourth-order valence-corrected chi connectivity index (χ4v) is 4.90. The van der Waals surface area contributed by atoms with Gasteiger partial charge in [-0.05, 0) is 31.2 Å². The van der Waals surface area contributed by atoms with E-state index in [4.69, 9.17) is 4.99 Å². The van der Waals surface area contributed by atoms with Crippen molar-refractivity contribution in [3.63, 3.8) is 0 Å². The smallest absolute Gasteiger partial charge is 0.211 e. The Morgan fingerprint density at radius 3 is 2.31 bits per heavy atom. The normalized spacial score (nSPS) is 20.8. The van der Waals surface area contributed by atoms with Gasteiger partial charge in [0, 0.05) is 58.9 Å². The third-order valence-corrected chi connectivity index (χ3v) is 7.10. The Morgan fingerprint density at radius 1 is 1.07 bits per heavy atom. The van der Waals surface area contributed by atoms with Crippen LogP contribution in [0.4, 0.5) is 0 Å². The first-order valence-corrected chi connectivity index (χ1v) is 12.5. The van der Waals surface area contributed by atoms with Crippen LogP contribution in [0.25, 0.3) is 0 Å². The average molecular weight is 422 g/mol. The lowest BCUT2D eigenvalue weighted by atomic mass is 9.98. The van der Waals surface area contributed by atoms with Gasteiger partial charge >= 0.3 is 0 Å². The van der Waals surface area contributed by atoms with E-state index in [9.17, 15) is 8.42 Å². The molecule has 2 fully saturated rings. The Hall–Kier alpha value is -1.64. The maximum absolute atomic E-state index is 11.7. The number of piperidine rings is 1. The maximum Gasteiger partial charge on any atom is 0.211 e. The highest BCUT2D eigenvalue weighted by Gasteiger charge is 2.25. The SMILES string of the molecule is CCNC(=NCC1CCN(S(C)(=O)=O)CC1)N1CCN(Cc2ccccc2)CC1. The van der Waals surface area contributed by atoms with Gasteiger partial charge in [-0.1, -0.05) is 30.3 Å². The van der Waals surface area contributed by atoms with Crippen LogP contribution in [0.5, 0.6) is 0 Å². The van der Waals surface area contributed by atoms with Crippen LogP contribution in [-0.4, -0.2) is 87.1 Å². The van der Waals surface area contributed by atoms with Gasteiger partial charge in [0.2, 0.25) is 10.0 Å². The zero-order valence-corrected chi connectivity index (χ0v) is 18.6. The predicted octanol–water partition coefficient (Wildman–Crippen LogP) is 1.44. The van der Waals surface area contributed by atoms with Crippen LogP contribution < -0.4 is 5.32 Å². The molecular formula is C21H35N5O2S. The van der Waals surface area contributed by atoms with E-state index in [-0.39, 0.29) is 0 Å². The first-order valence-electron chi connectivity index (χ1n) is 10.7. The summed E-state index contributed by atoms with van der Waals surface area (Å²) in [5.41, 5.74) is 1.36. The quantitative estimate of drug-likeness (QED) is 0.556. The lowest BCUT2D eigenvalue weighted by Crippen LogP contribution is -2.52. The second kappa shape index (κ2) is 10.4. The summed E-state index contributed by atoms with van der Waals surface area (Å²) in [5.74, 6) is 1.46. The van der Waals surface area contributed by atoms with Gasteiger partial charge in [-0.3, -0.25) is 9.89 Å². The first-order chi connectivity index (χ1) is 14.0. The molecule has 2 saturated heterocycles. The van der Waals surface area contributed by atoms with Gasteiger partial charge in [0.15, 0.2) is 5.96 Å². The van der Waals surface area contributed by atoms with Crippen molar-refractivity contribution >= 4 is 16.0 Å². The van der Waals surface area contributed by atoms with Crippen molar-refractivity contribution in [2.24, 2.45) is 10.9 Å². The van der Waals surface area contributed by atoms with Crippen molar-refractivity contribution in [1.29, 1.82) is 0 Å². The minimum absolute atomic E-state index is 0.459. The molecule has 0 spiro atoms. The zero-order chi connectivity index (χ0) is 20.7. The van der Waals surface area contributed by atoms with E-state index >= 15 is 0 Å². The molecule has 3 rings (SSSR count).